The molecule has 3 fully saturated rings. The average Bonchev–Trinajstić information content (AvgIpc) is 2.93. The lowest BCUT2D eigenvalue weighted by molar-refractivity contribution is 0.130. The van der Waals surface area contributed by atoms with E-state index in [1.807, 2.05) is 0 Å². The molecule has 3 aliphatic rings. The zero-order valence-corrected chi connectivity index (χ0v) is 11.5. The van der Waals surface area contributed by atoms with Crippen molar-refractivity contribution in [3.8, 4) is 0 Å². The summed E-state index contributed by atoms with van der Waals surface area (Å²) in [5.41, 5.74) is 0. The van der Waals surface area contributed by atoms with Crippen molar-refractivity contribution >= 4 is 0 Å². The van der Waals surface area contributed by atoms with Crippen molar-refractivity contribution in [1.29, 1.82) is 0 Å². The van der Waals surface area contributed by atoms with E-state index in [0.29, 0.717) is 0 Å². The van der Waals surface area contributed by atoms with Gasteiger partial charge in [-0.05, 0) is 50.4 Å². The third kappa shape index (κ3) is 3.03. The van der Waals surface area contributed by atoms with E-state index in [-0.39, 0.29) is 0 Å². The number of hydrogen-bond acceptors (Lipinski definition) is 2. The lowest BCUT2D eigenvalue weighted by Gasteiger charge is -2.37. The largest absolute Gasteiger partial charge is 0.310 e. The number of rotatable bonds is 3. The average molecular weight is 236 g/mol. The Morgan fingerprint density at radius 3 is 2.24 bits per heavy atom. The Morgan fingerprint density at radius 2 is 1.59 bits per heavy atom. The van der Waals surface area contributed by atoms with Crippen LogP contribution in [0.15, 0.2) is 0 Å². The van der Waals surface area contributed by atoms with Crippen LogP contribution in [0.4, 0.5) is 0 Å². The van der Waals surface area contributed by atoms with E-state index in [9.17, 15) is 0 Å². The summed E-state index contributed by atoms with van der Waals surface area (Å²) in [7, 11) is 0. The van der Waals surface area contributed by atoms with Gasteiger partial charge in [0.15, 0.2) is 0 Å². The molecule has 1 aliphatic heterocycles. The van der Waals surface area contributed by atoms with Gasteiger partial charge in [0.2, 0.25) is 0 Å². The molecule has 3 rings (SSSR count). The molecule has 2 aliphatic carbocycles. The van der Waals surface area contributed by atoms with Crippen LogP contribution in [0.5, 0.6) is 0 Å². The predicted octanol–water partition coefficient (Wildman–Crippen LogP) is 2.64. The van der Waals surface area contributed by atoms with Crippen LogP contribution in [0.25, 0.3) is 0 Å². The van der Waals surface area contributed by atoms with Crippen LogP contribution >= 0.6 is 0 Å². The fourth-order valence-electron chi connectivity index (χ4n) is 4.04. The van der Waals surface area contributed by atoms with Gasteiger partial charge in [0.1, 0.15) is 0 Å². The summed E-state index contributed by atoms with van der Waals surface area (Å²) in [6.45, 7) is 7.55. The molecule has 0 amide bonds. The molecule has 1 saturated heterocycles. The Labute approximate surface area is 106 Å². The minimum Gasteiger partial charge on any atom is -0.310 e. The molecule has 0 spiro atoms. The van der Waals surface area contributed by atoms with Crippen molar-refractivity contribution in [2.45, 2.75) is 70.5 Å². The highest BCUT2D eigenvalue weighted by Crippen LogP contribution is 2.33. The number of nitrogens with zero attached hydrogens (tertiary/aromatic N) is 1. The molecule has 3 atom stereocenters. The Bertz CT molecular complexity index is 252. The second kappa shape index (κ2) is 4.89. The summed E-state index contributed by atoms with van der Waals surface area (Å²) in [4.78, 5) is 2.78. The molecular weight excluding hydrogens is 208 g/mol. The maximum Gasteiger partial charge on any atom is 0.0209 e. The first-order valence-corrected chi connectivity index (χ1v) is 7.71. The van der Waals surface area contributed by atoms with Crippen LogP contribution in [0.2, 0.25) is 0 Å². The molecule has 0 aromatic carbocycles. The zero-order valence-electron chi connectivity index (χ0n) is 11.5. The molecule has 0 aromatic heterocycles. The molecular formula is C15H28N2. The van der Waals surface area contributed by atoms with Crippen molar-refractivity contribution < 1.29 is 0 Å². The fraction of sp³-hybridized carbons (Fsp3) is 1.00. The topological polar surface area (TPSA) is 15.3 Å². The van der Waals surface area contributed by atoms with Gasteiger partial charge in [-0.25, -0.2) is 0 Å². The van der Waals surface area contributed by atoms with Crippen LogP contribution < -0.4 is 5.32 Å². The fourth-order valence-corrected chi connectivity index (χ4v) is 4.04. The predicted molar refractivity (Wildman–Crippen MR) is 72.1 cm³/mol. The minimum atomic E-state index is 0.801. The van der Waals surface area contributed by atoms with Crippen LogP contribution in [0.1, 0.15) is 52.4 Å². The SMILES string of the molecule is CC1CC(C)CC(N2CCC(NC3CC3)C2)C1. The zero-order chi connectivity index (χ0) is 11.8. The van der Waals surface area contributed by atoms with E-state index in [0.717, 1.165) is 30.0 Å². The van der Waals surface area contributed by atoms with Crippen LogP contribution in [0.3, 0.4) is 0 Å². The molecule has 2 nitrogen and oxygen atoms in total. The maximum atomic E-state index is 3.80. The molecule has 1 heterocycles. The quantitative estimate of drug-likeness (QED) is 0.810. The Kier molecular flexibility index (Phi) is 3.45. The summed E-state index contributed by atoms with van der Waals surface area (Å²) in [6.07, 6.45) is 8.58. The van der Waals surface area contributed by atoms with Gasteiger partial charge in [-0.2, -0.15) is 0 Å². The molecule has 1 N–H and O–H groups in total. The van der Waals surface area contributed by atoms with Gasteiger partial charge in [-0.15, -0.1) is 0 Å². The molecule has 3 unspecified atom stereocenters. The first-order chi connectivity index (χ1) is 8.20. The van der Waals surface area contributed by atoms with Crippen molar-refractivity contribution in [2.75, 3.05) is 13.1 Å². The first-order valence-electron chi connectivity index (χ1n) is 7.71. The summed E-state index contributed by atoms with van der Waals surface area (Å²) in [5, 5.41) is 3.80. The van der Waals surface area contributed by atoms with Crippen LogP contribution in [0, 0.1) is 11.8 Å². The number of nitrogens with one attached hydrogen (secondary N) is 1. The third-order valence-electron chi connectivity index (χ3n) is 4.94. The van der Waals surface area contributed by atoms with Crippen molar-refractivity contribution in [3.63, 3.8) is 0 Å². The molecule has 0 bridgehead atoms. The summed E-state index contributed by atoms with van der Waals surface area (Å²) in [5.74, 6) is 1.89. The third-order valence-corrected chi connectivity index (χ3v) is 4.94. The normalized spacial score (nSPS) is 44.1. The summed E-state index contributed by atoms with van der Waals surface area (Å²) in [6, 6.07) is 2.57. The van der Waals surface area contributed by atoms with Crippen LogP contribution in [-0.4, -0.2) is 36.1 Å². The van der Waals surface area contributed by atoms with Crippen molar-refractivity contribution in [1.82, 2.24) is 10.2 Å². The monoisotopic (exact) mass is 236 g/mol. The highest BCUT2D eigenvalue weighted by Gasteiger charge is 2.34. The Morgan fingerprint density at radius 1 is 0.882 bits per heavy atom. The van der Waals surface area contributed by atoms with E-state index >= 15 is 0 Å². The molecule has 2 heteroatoms. The van der Waals surface area contributed by atoms with E-state index in [2.05, 4.69) is 24.1 Å². The second-order valence-electron chi connectivity index (χ2n) is 6.99. The Hall–Kier alpha value is -0.0800. The van der Waals surface area contributed by atoms with Crippen molar-refractivity contribution in [3.05, 3.63) is 0 Å². The van der Waals surface area contributed by atoms with E-state index in [1.54, 1.807) is 0 Å². The van der Waals surface area contributed by atoms with Gasteiger partial charge in [0.05, 0.1) is 0 Å². The van der Waals surface area contributed by atoms with E-state index in [4.69, 9.17) is 0 Å². The minimum absolute atomic E-state index is 0.801. The van der Waals surface area contributed by atoms with Gasteiger partial charge >= 0.3 is 0 Å². The highest BCUT2D eigenvalue weighted by molar-refractivity contribution is 4.92. The summed E-state index contributed by atoms with van der Waals surface area (Å²) >= 11 is 0. The highest BCUT2D eigenvalue weighted by atomic mass is 15.2. The van der Waals surface area contributed by atoms with Crippen LogP contribution in [-0.2, 0) is 0 Å². The lowest BCUT2D eigenvalue weighted by atomic mass is 9.80. The Balaban J connectivity index is 1.50. The smallest absolute Gasteiger partial charge is 0.0209 e. The number of hydrogen-bond donors (Lipinski definition) is 1. The molecule has 0 radical (unpaired) electrons. The second-order valence-corrected chi connectivity index (χ2v) is 6.99. The van der Waals surface area contributed by atoms with Gasteiger partial charge in [-0.1, -0.05) is 13.8 Å². The maximum absolute atomic E-state index is 3.80. The summed E-state index contributed by atoms with van der Waals surface area (Å²) < 4.78 is 0. The lowest BCUT2D eigenvalue weighted by Crippen LogP contribution is -2.41. The number of likely N-dealkylation sites (tertiary alicyclic amines) is 1. The molecule has 0 aromatic rings. The van der Waals surface area contributed by atoms with E-state index < -0.39 is 0 Å². The first kappa shape index (κ1) is 12.0. The van der Waals surface area contributed by atoms with Gasteiger partial charge in [-0.3, -0.25) is 4.90 Å². The van der Waals surface area contributed by atoms with Gasteiger partial charge in [0.25, 0.3) is 0 Å². The molecule has 17 heavy (non-hydrogen) atoms. The molecule has 2 saturated carbocycles. The van der Waals surface area contributed by atoms with Gasteiger partial charge in [0, 0.05) is 31.2 Å². The standard InChI is InChI=1S/C15H28N2/c1-11-7-12(2)9-15(8-11)17-6-5-14(10-17)16-13-3-4-13/h11-16H,3-10H2,1-2H3. The molecule has 98 valence electrons. The van der Waals surface area contributed by atoms with E-state index in [1.165, 1.54) is 51.6 Å². The van der Waals surface area contributed by atoms with Crippen molar-refractivity contribution in [2.24, 2.45) is 11.8 Å². The van der Waals surface area contributed by atoms with Gasteiger partial charge < -0.3 is 5.32 Å².